The molecule has 0 aliphatic carbocycles. The van der Waals surface area contributed by atoms with Crippen LogP contribution in [0.25, 0.3) is 0 Å². The maximum atomic E-state index is 12.5. The van der Waals surface area contributed by atoms with Gasteiger partial charge in [-0.2, -0.15) is 0 Å². The first-order valence-corrected chi connectivity index (χ1v) is 10.5. The van der Waals surface area contributed by atoms with Crippen molar-refractivity contribution in [2.75, 3.05) is 33.2 Å². The fourth-order valence-electron chi connectivity index (χ4n) is 2.84. The molecule has 0 fully saturated rings. The van der Waals surface area contributed by atoms with Gasteiger partial charge in [-0.1, -0.05) is 24.0 Å². The highest BCUT2D eigenvalue weighted by molar-refractivity contribution is 7.10. The Morgan fingerprint density at radius 2 is 1.69 bits per heavy atom. The molecule has 3 rings (SSSR count). The van der Waals surface area contributed by atoms with Gasteiger partial charge < -0.3 is 24.8 Å². The van der Waals surface area contributed by atoms with E-state index in [-0.39, 0.29) is 18.0 Å². The molecular formula is C24H22N2O5S. The van der Waals surface area contributed by atoms with Gasteiger partial charge in [-0.25, -0.2) is 0 Å². The first kappa shape index (κ1) is 22.7. The van der Waals surface area contributed by atoms with Crippen molar-refractivity contribution in [2.24, 2.45) is 0 Å². The number of thiophene rings is 1. The van der Waals surface area contributed by atoms with E-state index in [0.717, 1.165) is 10.4 Å². The molecule has 2 amide bonds. The first-order valence-electron chi connectivity index (χ1n) is 9.57. The maximum absolute atomic E-state index is 12.5. The Bertz CT molecular complexity index is 1140. The fraction of sp³-hybridized carbons (Fsp3) is 0.167. The molecule has 0 spiro atoms. The molecule has 0 radical (unpaired) electrons. The summed E-state index contributed by atoms with van der Waals surface area (Å²) < 4.78 is 15.8. The van der Waals surface area contributed by atoms with Gasteiger partial charge in [-0.05, 0) is 41.8 Å². The largest absolute Gasteiger partial charge is 0.493 e. The van der Waals surface area contributed by atoms with Crippen molar-refractivity contribution in [2.45, 2.75) is 0 Å². The van der Waals surface area contributed by atoms with Crippen LogP contribution < -0.4 is 24.8 Å². The normalized spacial score (nSPS) is 9.84. The van der Waals surface area contributed by atoms with Crippen molar-refractivity contribution < 1.29 is 23.8 Å². The summed E-state index contributed by atoms with van der Waals surface area (Å²) >= 11 is 1.56. The van der Waals surface area contributed by atoms with Gasteiger partial charge in [0.2, 0.25) is 11.7 Å². The summed E-state index contributed by atoms with van der Waals surface area (Å²) in [6.07, 6.45) is 0. The van der Waals surface area contributed by atoms with E-state index in [9.17, 15) is 9.59 Å². The monoisotopic (exact) mass is 450 g/mol. The molecule has 0 aliphatic heterocycles. The minimum Gasteiger partial charge on any atom is -0.493 e. The van der Waals surface area contributed by atoms with Crippen LogP contribution in [0.5, 0.6) is 17.2 Å². The molecule has 8 heteroatoms. The van der Waals surface area contributed by atoms with Crippen molar-refractivity contribution in [1.29, 1.82) is 0 Å². The summed E-state index contributed by atoms with van der Waals surface area (Å²) in [6.45, 7) is -0.208. The summed E-state index contributed by atoms with van der Waals surface area (Å²) in [4.78, 5) is 25.8. The minimum absolute atomic E-state index is 0.208. The summed E-state index contributed by atoms with van der Waals surface area (Å²) in [5, 5.41) is 7.31. The molecule has 1 heterocycles. The zero-order chi connectivity index (χ0) is 22.9. The van der Waals surface area contributed by atoms with E-state index < -0.39 is 5.91 Å². The predicted molar refractivity (Wildman–Crippen MR) is 124 cm³/mol. The van der Waals surface area contributed by atoms with Gasteiger partial charge in [0.25, 0.3) is 5.91 Å². The van der Waals surface area contributed by atoms with Crippen LogP contribution in [0, 0.1) is 11.8 Å². The molecule has 32 heavy (non-hydrogen) atoms. The fourth-order valence-corrected chi connectivity index (χ4v) is 3.41. The molecule has 0 bridgehead atoms. The number of hydrogen-bond acceptors (Lipinski definition) is 6. The van der Waals surface area contributed by atoms with Crippen molar-refractivity contribution >= 4 is 28.8 Å². The third-order valence-corrected chi connectivity index (χ3v) is 5.12. The van der Waals surface area contributed by atoms with Crippen molar-refractivity contribution in [3.05, 3.63) is 69.9 Å². The molecule has 7 nitrogen and oxygen atoms in total. The van der Waals surface area contributed by atoms with Crippen LogP contribution in [0.15, 0.2) is 53.9 Å². The Hall–Kier alpha value is -3.96. The lowest BCUT2D eigenvalue weighted by molar-refractivity contribution is -0.115. The second kappa shape index (κ2) is 10.9. The molecule has 0 saturated carbocycles. The number of rotatable bonds is 7. The smallest absolute Gasteiger partial charge is 0.251 e. The third-order valence-electron chi connectivity index (χ3n) is 4.33. The van der Waals surface area contributed by atoms with Gasteiger partial charge in [0.15, 0.2) is 11.5 Å². The Morgan fingerprint density at radius 1 is 0.938 bits per heavy atom. The van der Waals surface area contributed by atoms with Gasteiger partial charge >= 0.3 is 0 Å². The highest BCUT2D eigenvalue weighted by atomic mass is 32.1. The number of anilines is 1. The second-order valence-corrected chi connectivity index (χ2v) is 7.40. The number of methoxy groups -OCH3 is 3. The average Bonchev–Trinajstić information content (AvgIpc) is 3.34. The number of nitrogens with one attached hydrogen (secondary N) is 2. The Balaban J connectivity index is 1.61. The molecule has 2 aromatic carbocycles. The molecule has 0 unspecified atom stereocenters. The van der Waals surface area contributed by atoms with Crippen LogP contribution in [-0.2, 0) is 4.79 Å². The Morgan fingerprint density at radius 3 is 2.31 bits per heavy atom. The summed E-state index contributed by atoms with van der Waals surface area (Å²) in [6, 6.07) is 14.1. The standard InChI is InChI=1S/C24H22N2O5S/c1-29-20-13-17(14-21(30-2)23(20)31-3)24(28)25-15-22(27)26-18-7-4-6-16(12-18)9-10-19-8-5-11-32-19/h4-8,11-14H,15H2,1-3H3,(H,25,28)(H,26,27). The number of benzene rings is 2. The second-order valence-electron chi connectivity index (χ2n) is 6.45. The SMILES string of the molecule is COc1cc(C(=O)NCC(=O)Nc2cccc(C#Cc3cccs3)c2)cc(OC)c1OC. The Kier molecular flexibility index (Phi) is 7.73. The average molecular weight is 451 g/mol. The molecule has 0 atom stereocenters. The van der Waals surface area contributed by atoms with Gasteiger partial charge in [-0.15, -0.1) is 11.3 Å². The molecule has 164 valence electrons. The van der Waals surface area contributed by atoms with Crippen LogP contribution in [-0.4, -0.2) is 39.7 Å². The van der Waals surface area contributed by atoms with Crippen LogP contribution in [0.1, 0.15) is 20.8 Å². The molecule has 2 N–H and O–H groups in total. The van der Waals surface area contributed by atoms with E-state index in [0.29, 0.717) is 22.9 Å². The molecular weight excluding hydrogens is 428 g/mol. The van der Waals surface area contributed by atoms with Crippen molar-refractivity contribution in [1.82, 2.24) is 5.32 Å². The zero-order valence-corrected chi connectivity index (χ0v) is 18.7. The number of carbonyl (C=O) groups is 2. The quantitative estimate of drug-likeness (QED) is 0.538. The summed E-state index contributed by atoms with van der Waals surface area (Å²) in [7, 11) is 4.41. The lowest BCUT2D eigenvalue weighted by Gasteiger charge is -2.14. The zero-order valence-electron chi connectivity index (χ0n) is 17.9. The van der Waals surface area contributed by atoms with E-state index in [1.54, 1.807) is 23.5 Å². The molecule has 0 aliphatic rings. The van der Waals surface area contributed by atoms with Crippen LogP contribution in [0.3, 0.4) is 0 Å². The molecule has 1 aromatic heterocycles. The van der Waals surface area contributed by atoms with Gasteiger partial charge in [0.05, 0.1) is 32.8 Å². The number of ether oxygens (including phenoxy) is 3. The lowest BCUT2D eigenvalue weighted by atomic mass is 10.1. The topological polar surface area (TPSA) is 85.9 Å². The van der Waals surface area contributed by atoms with Crippen molar-refractivity contribution in [3.63, 3.8) is 0 Å². The lowest BCUT2D eigenvalue weighted by Crippen LogP contribution is -2.32. The molecule has 3 aromatic rings. The maximum Gasteiger partial charge on any atom is 0.251 e. The third kappa shape index (κ3) is 5.80. The van der Waals surface area contributed by atoms with Gasteiger partial charge in [0.1, 0.15) is 0 Å². The van der Waals surface area contributed by atoms with E-state index in [1.165, 1.54) is 33.5 Å². The number of hydrogen-bond donors (Lipinski definition) is 2. The number of amides is 2. The van der Waals surface area contributed by atoms with Crippen LogP contribution in [0.2, 0.25) is 0 Å². The predicted octanol–water partition coefficient (Wildman–Crippen LogP) is 3.54. The van der Waals surface area contributed by atoms with Crippen LogP contribution in [0.4, 0.5) is 5.69 Å². The summed E-state index contributed by atoms with van der Waals surface area (Å²) in [5.41, 5.74) is 1.64. The highest BCUT2D eigenvalue weighted by Crippen LogP contribution is 2.38. The van der Waals surface area contributed by atoms with E-state index in [2.05, 4.69) is 22.5 Å². The van der Waals surface area contributed by atoms with E-state index >= 15 is 0 Å². The first-order chi connectivity index (χ1) is 15.5. The highest BCUT2D eigenvalue weighted by Gasteiger charge is 2.17. The van der Waals surface area contributed by atoms with Crippen LogP contribution >= 0.6 is 11.3 Å². The summed E-state index contributed by atoms with van der Waals surface area (Å²) in [5.74, 6) is 6.41. The minimum atomic E-state index is -0.449. The molecule has 0 saturated heterocycles. The van der Waals surface area contributed by atoms with E-state index in [4.69, 9.17) is 14.2 Å². The Labute approximate surface area is 190 Å². The van der Waals surface area contributed by atoms with E-state index in [1.807, 2.05) is 29.6 Å². The number of carbonyl (C=O) groups excluding carboxylic acids is 2. The van der Waals surface area contributed by atoms with Gasteiger partial charge in [0, 0.05) is 16.8 Å². The van der Waals surface area contributed by atoms with Gasteiger partial charge in [-0.3, -0.25) is 9.59 Å². The van der Waals surface area contributed by atoms with Crippen molar-refractivity contribution in [3.8, 4) is 29.1 Å².